The number of hydrogen-bond donors (Lipinski definition) is 1. The molecule has 0 bridgehead atoms. The largest absolute Gasteiger partial charge is 0.399 e. The normalized spacial score (nSPS) is 10.3. The number of alkyl halides is 2. The summed E-state index contributed by atoms with van der Waals surface area (Å²) in [6, 6.07) is 3.87. The number of hydrogen-bond acceptors (Lipinski definition) is 3. The second kappa shape index (κ2) is 4.23. The highest BCUT2D eigenvalue weighted by Crippen LogP contribution is 2.20. The molecule has 14 heavy (non-hydrogen) atoms. The number of rotatable bonds is 2. The van der Waals surface area contributed by atoms with Crippen molar-refractivity contribution in [2.75, 3.05) is 5.73 Å². The maximum Gasteiger partial charge on any atom is 0.389 e. The van der Waals surface area contributed by atoms with Crippen molar-refractivity contribution in [3.63, 3.8) is 0 Å². The van der Waals surface area contributed by atoms with Gasteiger partial charge in [-0.05, 0) is 18.2 Å². The fourth-order valence-corrected chi connectivity index (χ4v) is 1.11. The van der Waals surface area contributed by atoms with E-state index in [-0.39, 0.29) is 10.6 Å². The third-order valence-electron chi connectivity index (χ3n) is 1.41. The first-order valence-corrected chi connectivity index (χ1v) is 3.92. The van der Waals surface area contributed by atoms with Crippen LogP contribution >= 0.6 is 11.6 Å². The molecule has 3 nitrogen and oxygen atoms in total. The van der Waals surface area contributed by atoms with Crippen LogP contribution in [0, 0.1) is 0 Å². The highest BCUT2D eigenvalue weighted by molar-refractivity contribution is 6.33. The summed E-state index contributed by atoms with van der Waals surface area (Å²) in [5.41, 5.74) is 5.54. The van der Waals surface area contributed by atoms with Gasteiger partial charge in [0.1, 0.15) is 0 Å². The predicted molar refractivity (Wildman–Crippen MR) is 47.3 cm³/mol. The van der Waals surface area contributed by atoms with Crippen molar-refractivity contribution < 1.29 is 18.3 Å². The minimum Gasteiger partial charge on any atom is -0.399 e. The molecule has 1 aromatic carbocycles. The smallest absolute Gasteiger partial charge is 0.389 e. The Hall–Kier alpha value is -1.36. The number of nitrogen functional groups attached to an aromatic ring is 1. The molecule has 0 saturated heterocycles. The quantitative estimate of drug-likeness (QED) is 0.616. The minimum absolute atomic E-state index is 0.0179. The Morgan fingerprint density at radius 2 is 2.14 bits per heavy atom. The molecule has 0 aliphatic rings. The van der Waals surface area contributed by atoms with E-state index in [2.05, 4.69) is 4.74 Å². The third kappa shape index (κ3) is 2.56. The van der Waals surface area contributed by atoms with E-state index >= 15 is 0 Å². The molecule has 0 spiro atoms. The van der Waals surface area contributed by atoms with Crippen LogP contribution in [0.5, 0.6) is 0 Å². The van der Waals surface area contributed by atoms with E-state index in [9.17, 15) is 13.6 Å². The van der Waals surface area contributed by atoms with Crippen molar-refractivity contribution in [1.82, 2.24) is 0 Å². The van der Waals surface area contributed by atoms with Gasteiger partial charge in [0.05, 0.1) is 10.6 Å². The number of nitrogens with two attached hydrogens (primary N) is 1. The molecule has 76 valence electrons. The van der Waals surface area contributed by atoms with E-state index < -0.39 is 12.6 Å². The van der Waals surface area contributed by atoms with Crippen molar-refractivity contribution in [3.8, 4) is 0 Å². The standard InChI is InChI=1S/C8H6ClF2NO2/c9-6-3-4(12)1-2-5(6)7(13)14-8(10)11/h1-3,8H,12H2. The Morgan fingerprint density at radius 3 is 2.64 bits per heavy atom. The van der Waals surface area contributed by atoms with Gasteiger partial charge in [0.25, 0.3) is 0 Å². The molecule has 6 heteroatoms. The van der Waals surface area contributed by atoms with E-state index in [4.69, 9.17) is 17.3 Å². The Labute approximate surface area is 83.4 Å². The number of benzene rings is 1. The van der Waals surface area contributed by atoms with Gasteiger partial charge in [0, 0.05) is 5.69 Å². The molecule has 2 N–H and O–H groups in total. The second-order valence-electron chi connectivity index (χ2n) is 2.41. The minimum atomic E-state index is -3.16. The Kier molecular flexibility index (Phi) is 3.24. The SMILES string of the molecule is Nc1ccc(C(=O)OC(F)F)c(Cl)c1. The van der Waals surface area contributed by atoms with Gasteiger partial charge >= 0.3 is 12.6 Å². The summed E-state index contributed by atoms with van der Waals surface area (Å²) >= 11 is 5.58. The molecule has 1 rings (SSSR count). The van der Waals surface area contributed by atoms with Gasteiger partial charge in [-0.3, -0.25) is 0 Å². The van der Waals surface area contributed by atoms with Crippen LogP contribution in [0.25, 0.3) is 0 Å². The molecule has 0 radical (unpaired) electrons. The molecule has 0 fully saturated rings. The lowest BCUT2D eigenvalue weighted by Crippen LogP contribution is -2.10. The first kappa shape index (κ1) is 10.7. The molecule has 1 aromatic rings. The number of halogens is 3. The summed E-state index contributed by atoms with van der Waals surface area (Å²) in [4.78, 5) is 11.0. The van der Waals surface area contributed by atoms with Crippen LogP contribution in [0.15, 0.2) is 18.2 Å². The number of anilines is 1. The maximum absolute atomic E-state index is 11.7. The lowest BCUT2D eigenvalue weighted by atomic mass is 10.2. The molecular weight excluding hydrogens is 216 g/mol. The highest BCUT2D eigenvalue weighted by Gasteiger charge is 2.16. The van der Waals surface area contributed by atoms with E-state index in [1.165, 1.54) is 18.2 Å². The molecule has 0 aliphatic carbocycles. The molecule has 0 aliphatic heterocycles. The molecule has 0 aromatic heterocycles. The lowest BCUT2D eigenvalue weighted by Gasteiger charge is -2.04. The third-order valence-corrected chi connectivity index (χ3v) is 1.72. The zero-order valence-electron chi connectivity index (χ0n) is 6.84. The second-order valence-corrected chi connectivity index (χ2v) is 2.81. The summed E-state index contributed by atoms with van der Waals surface area (Å²) < 4.78 is 27.0. The highest BCUT2D eigenvalue weighted by atomic mass is 35.5. The lowest BCUT2D eigenvalue weighted by molar-refractivity contribution is -0.0906. The Bertz CT molecular complexity index is 357. The topological polar surface area (TPSA) is 52.3 Å². The Morgan fingerprint density at radius 1 is 1.50 bits per heavy atom. The van der Waals surface area contributed by atoms with Crippen LogP contribution < -0.4 is 5.73 Å². The Balaban J connectivity index is 2.90. The summed E-state index contributed by atoms with van der Waals surface area (Å²) in [7, 11) is 0. The van der Waals surface area contributed by atoms with Crippen molar-refractivity contribution in [3.05, 3.63) is 28.8 Å². The zero-order valence-corrected chi connectivity index (χ0v) is 7.59. The van der Waals surface area contributed by atoms with Gasteiger partial charge in [-0.2, -0.15) is 8.78 Å². The van der Waals surface area contributed by atoms with Crippen molar-refractivity contribution in [2.45, 2.75) is 6.61 Å². The molecule has 0 unspecified atom stereocenters. The fourth-order valence-electron chi connectivity index (χ4n) is 0.841. The van der Waals surface area contributed by atoms with Gasteiger partial charge in [0.15, 0.2) is 0 Å². The molecule has 0 atom stereocenters. The first-order valence-electron chi connectivity index (χ1n) is 3.55. The predicted octanol–water partition coefficient (Wildman–Crippen LogP) is 2.30. The van der Waals surface area contributed by atoms with E-state index in [0.717, 1.165) is 0 Å². The van der Waals surface area contributed by atoms with Gasteiger partial charge in [-0.1, -0.05) is 11.6 Å². The van der Waals surface area contributed by atoms with Gasteiger partial charge in [-0.15, -0.1) is 0 Å². The van der Waals surface area contributed by atoms with E-state index in [1.54, 1.807) is 0 Å². The number of esters is 1. The average Bonchev–Trinajstić information content (AvgIpc) is 2.01. The van der Waals surface area contributed by atoms with Crippen molar-refractivity contribution in [2.24, 2.45) is 0 Å². The van der Waals surface area contributed by atoms with Crippen LogP contribution in [-0.4, -0.2) is 12.6 Å². The average molecular weight is 222 g/mol. The fraction of sp³-hybridized carbons (Fsp3) is 0.125. The van der Waals surface area contributed by atoms with E-state index in [1.807, 2.05) is 0 Å². The van der Waals surface area contributed by atoms with E-state index in [0.29, 0.717) is 5.69 Å². The van der Waals surface area contributed by atoms with Crippen LogP contribution in [0.4, 0.5) is 14.5 Å². The summed E-state index contributed by atoms with van der Waals surface area (Å²) in [6.07, 6.45) is 0. The van der Waals surface area contributed by atoms with Crippen LogP contribution in [0.2, 0.25) is 5.02 Å². The van der Waals surface area contributed by atoms with Crippen LogP contribution in [0.3, 0.4) is 0 Å². The first-order chi connectivity index (χ1) is 6.50. The van der Waals surface area contributed by atoms with Crippen molar-refractivity contribution in [1.29, 1.82) is 0 Å². The molecule has 0 saturated carbocycles. The monoisotopic (exact) mass is 221 g/mol. The van der Waals surface area contributed by atoms with Crippen LogP contribution in [-0.2, 0) is 4.74 Å². The summed E-state index contributed by atoms with van der Waals surface area (Å²) in [6.45, 7) is -3.16. The van der Waals surface area contributed by atoms with Gasteiger partial charge in [0.2, 0.25) is 0 Å². The van der Waals surface area contributed by atoms with Gasteiger partial charge in [-0.25, -0.2) is 4.79 Å². The maximum atomic E-state index is 11.7. The number of carbonyl (C=O) groups excluding carboxylic acids is 1. The molecular formula is C8H6ClF2NO2. The zero-order chi connectivity index (χ0) is 10.7. The van der Waals surface area contributed by atoms with Gasteiger partial charge < -0.3 is 10.5 Å². The number of carbonyl (C=O) groups is 1. The molecule has 0 heterocycles. The number of ether oxygens (including phenoxy) is 1. The molecule has 0 amide bonds. The van der Waals surface area contributed by atoms with Crippen molar-refractivity contribution >= 4 is 23.3 Å². The summed E-state index contributed by atoms with van der Waals surface area (Å²) in [5.74, 6) is -1.18. The van der Waals surface area contributed by atoms with Crippen LogP contribution in [0.1, 0.15) is 10.4 Å². The summed E-state index contributed by atoms with van der Waals surface area (Å²) in [5, 5.41) is -0.0179.